The Bertz CT molecular complexity index is 1150. The summed E-state index contributed by atoms with van der Waals surface area (Å²) >= 11 is 0. The average molecular weight is 446 g/mol. The van der Waals surface area contributed by atoms with E-state index in [2.05, 4.69) is 28.1 Å². The van der Waals surface area contributed by atoms with Crippen LogP contribution in [0, 0.1) is 5.41 Å². The summed E-state index contributed by atoms with van der Waals surface area (Å²) in [5, 5.41) is 9.36. The van der Waals surface area contributed by atoms with E-state index in [0.29, 0.717) is 16.9 Å². The highest BCUT2D eigenvalue weighted by Crippen LogP contribution is 2.43. The molecule has 3 aromatic rings. The fourth-order valence-electron chi connectivity index (χ4n) is 4.74. The van der Waals surface area contributed by atoms with Gasteiger partial charge in [0.15, 0.2) is 0 Å². The lowest BCUT2D eigenvalue weighted by molar-refractivity contribution is -0.274. The van der Waals surface area contributed by atoms with Crippen LogP contribution in [0.3, 0.4) is 0 Å². The Morgan fingerprint density at radius 1 is 1.25 bits per heavy atom. The van der Waals surface area contributed by atoms with Crippen molar-refractivity contribution in [2.24, 2.45) is 5.41 Å². The van der Waals surface area contributed by atoms with Crippen molar-refractivity contribution >= 4 is 17.0 Å². The largest absolute Gasteiger partial charge is 0.573 e. The first-order chi connectivity index (χ1) is 15.0. The third-order valence-electron chi connectivity index (χ3n) is 6.10. The summed E-state index contributed by atoms with van der Waals surface area (Å²) in [5.41, 5.74) is 1.95. The minimum atomic E-state index is -4.79. The molecule has 1 aliphatic rings. The predicted octanol–water partition coefficient (Wildman–Crippen LogP) is 6.37. The van der Waals surface area contributed by atoms with Gasteiger partial charge in [-0.05, 0) is 48.9 Å². The van der Waals surface area contributed by atoms with Gasteiger partial charge in [0.25, 0.3) is 0 Å². The zero-order chi connectivity index (χ0) is 23.1. The summed E-state index contributed by atoms with van der Waals surface area (Å²) in [6.07, 6.45) is -0.662. The van der Waals surface area contributed by atoms with Crippen LogP contribution in [0.2, 0.25) is 0 Å². The van der Waals surface area contributed by atoms with Gasteiger partial charge in [-0.25, -0.2) is 9.78 Å². The Morgan fingerprint density at radius 2 is 2.00 bits per heavy atom. The summed E-state index contributed by atoms with van der Waals surface area (Å²) in [4.78, 5) is 16.1. The maximum atomic E-state index is 12.9. The van der Waals surface area contributed by atoms with Crippen LogP contribution >= 0.6 is 0 Å². The first kappa shape index (κ1) is 22.2. The number of fused-ring (bicyclic) bond motifs is 1. The van der Waals surface area contributed by atoms with Gasteiger partial charge in [-0.3, -0.25) is 0 Å². The van der Waals surface area contributed by atoms with Gasteiger partial charge in [-0.2, -0.15) is 0 Å². The van der Waals surface area contributed by atoms with Crippen molar-refractivity contribution in [3.05, 3.63) is 59.4 Å². The van der Waals surface area contributed by atoms with E-state index in [4.69, 9.17) is 0 Å². The fraction of sp³-hybridized carbons (Fsp3) is 0.417. The van der Waals surface area contributed by atoms with E-state index < -0.39 is 12.3 Å². The lowest BCUT2D eigenvalue weighted by atomic mass is 9.75. The van der Waals surface area contributed by atoms with E-state index in [-0.39, 0.29) is 29.2 Å². The SMILES string of the molecule is CC1(C)CCCC(n2c(Cc3ccccc3OC(F)(F)F)nc3cc(C(=O)O)ccc32)C1. The number of hydrogen-bond acceptors (Lipinski definition) is 3. The van der Waals surface area contributed by atoms with Crippen LogP contribution in [0.1, 0.15) is 67.3 Å². The number of carbonyl (C=O) groups is 1. The number of carboxylic acid groups (broad SMARTS) is 1. The van der Waals surface area contributed by atoms with Gasteiger partial charge in [0.2, 0.25) is 0 Å². The molecule has 1 unspecified atom stereocenters. The zero-order valence-electron chi connectivity index (χ0n) is 17.9. The van der Waals surface area contributed by atoms with Crippen molar-refractivity contribution in [3.8, 4) is 5.75 Å². The number of carboxylic acids is 1. The number of nitrogens with zero attached hydrogens (tertiary/aromatic N) is 2. The number of benzene rings is 2. The minimum absolute atomic E-state index is 0.124. The first-order valence-corrected chi connectivity index (χ1v) is 10.6. The number of halogens is 3. The van der Waals surface area contributed by atoms with Crippen LogP contribution in [-0.2, 0) is 6.42 Å². The van der Waals surface area contributed by atoms with Crippen LogP contribution in [0.4, 0.5) is 13.2 Å². The van der Waals surface area contributed by atoms with Crippen molar-refractivity contribution < 1.29 is 27.8 Å². The van der Waals surface area contributed by atoms with Gasteiger partial charge < -0.3 is 14.4 Å². The molecule has 1 N–H and O–H groups in total. The van der Waals surface area contributed by atoms with Crippen molar-refractivity contribution in [2.45, 2.75) is 58.4 Å². The van der Waals surface area contributed by atoms with Crippen LogP contribution < -0.4 is 4.74 Å². The molecule has 1 aliphatic carbocycles. The maximum Gasteiger partial charge on any atom is 0.573 e. The number of aromatic nitrogens is 2. The first-order valence-electron chi connectivity index (χ1n) is 10.6. The number of ether oxygens (including phenoxy) is 1. The molecular formula is C24H25F3N2O3. The van der Waals surface area contributed by atoms with E-state index in [1.54, 1.807) is 24.3 Å². The Balaban J connectivity index is 1.81. The second-order valence-corrected chi connectivity index (χ2v) is 9.15. The van der Waals surface area contributed by atoms with Crippen molar-refractivity contribution in [2.75, 3.05) is 0 Å². The molecule has 5 nitrogen and oxygen atoms in total. The summed E-state index contributed by atoms with van der Waals surface area (Å²) in [7, 11) is 0. The number of imidazole rings is 1. The third-order valence-corrected chi connectivity index (χ3v) is 6.10. The predicted molar refractivity (Wildman–Crippen MR) is 114 cm³/mol. The Kier molecular flexibility index (Phi) is 5.65. The van der Waals surface area contributed by atoms with E-state index in [1.807, 2.05) is 0 Å². The van der Waals surface area contributed by atoms with E-state index in [0.717, 1.165) is 31.2 Å². The zero-order valence-corrected chi connectivity index (χ0v) is 17.9. The Hall–Kier alpha value is -3.03. The molecule has 4 rings (SSSR count). The standard InChI is InChI=1S/C24H25F3N2O3/c1-23(2)11-5-7-17(14-23)29-19-10-9-16(22(30)31)12-18(19)28-21(29)13-15-6-3-4-8-20(15)32-24(25,26)27/h3-4,6,8-10,12,17H,5,7,11,13-14H2,1-2H3,(H,30,31). The highest BCUT2D eigenvalue weighted by Gasteiger charge is 2.33. The molecule has 0 amide bonds. The Labute approximate surface area is 183 Å². The molecule has 1 saturated carbocycles. The quantitative estimate of drug-likeness (QED) is 0.495. The van der Waals surface area contributed by atoms with Crippen molar-refractivity contribution in [3.63, 3.8) is 0 Å². The topological polar surface area (TPSA) is 64.4 Å². The molecule has 0 bridgehead atoms. The van der Waals surface area contributed by atoms with Crippen LogP contribution in [0.5, 0.6) is 5.75 Å². The monoisotopic (exact) mass is 446 g/mol. The molecule has 0 aliphatic heterocycles. The molecule has 1 aromatic heterocycles. The second-order valence-electron chi connectivity index (χ2n) is 9.15. The molecule has 32 heavy (non-hydrogen) atoms. The van der Waals surface area contributed by atoms with Gasteiger partial charge in [0.1, 0.15) is 11.6 Å². The summed E-state index contributed by atoms with van der Waals surface area (Å²) in [5.74, 6) is -0.706. The van der Waals surface area contributed by atoms with Crippen molar-refractivity contribution in [1.29, 1.82) is 0 Å². The smallest absolute Gasteiger partial charge is 0.478 e. The molecule has 0 radical (unpaired) electrons. The normalized spacial score (nSPS) is 18.6. The molecule has 2 aromatic carbocycles. The molecule has 1 fully saturated rings. The van der Waals surface area contributed by atoms with E-state index in [9.17, 15) is 23.1 Å². The van der Waals surface area contributed by atoms with Gasteiger partial charge in [-0.1, -0.05) is 38.5 Å². The molecule has 1 heterocycles. The van der Waals surface area contributed by atoms with Crippen LogP contribution in [0.25, 0.3) is 11.0 Å². The number of hydrogen-bond donors (Lipinski definition) is 1. The van der Waals surface area contributed by atoms with E-state index in [1.165, 1.54) is 18.2 Å². The maximum absolute atomic E-state index is 12.9. The molecular weight excluding hydrogens is 421 g/mol. The second kappa shape index (κ2) is 8.15. The van der Waals surface area contributed by atoms with Gasteiger partial charge >= 0.3 is 12.3 Å². The fourth-order valence-corrected chi connectivity index (χ4v) is 4.74. The highest BCUT2D eigenvalue weighted by molar-refractivity contribution is 5.92. The number of rotatable bonds is 5. The highest BCUT2D eigenvalue weighted by atomic mass is 19.4. The van der Waals surface area contributed by atoms with Crippen molar-refractivity contribution in [1.82, 2.24) is 9.55 Å². The number of alkyl halides is 3. The van der Waals surface area contributed by atoms with Gasteiger partial charge in [0, 0.05) is 18.0 Å². The molecule has 170 valence electrons. The lowest BCUT2D eigenvalue weighted by Crippen LogP contribution is -2.26. The minimum Gasteiger partial charge on any atom is -0.478 e. The summed E-state index contributed by atoms with van der Waals surface area (Å²) < 4.78 is 45.0. The molecule has 0 saturated heterocycles. The number of aromatic carboxylic acids is 1. The van der Waals surface area contributed by atoms with Gasteiger partial charge in [0.05, 0.1) is 16.6 Å². The number of para-hydroxylation sites is 1. The molecule has 0 spiro atoms. The molecule has 8 heteroatoms. The van der Waals surface area contributed by atoms with Crippen LogP contribution in [0.15, 0.2) is 42.5 Å². The van der Waals surface area contributed by atoms with Gasteiger partial charge in [-0.15, -0.1) is 13.2 Å². The average Bonchev–Trinajstić information content (AvgIpc) is 3.04. The summed E-state index contributed by atoms with van der Waals surface area (Å²) in [6, 6.07) is 11.0. The summed E-state index contributed by atoms with van der Waals surface area (Å²) in [6.45, 7) is 4.43. The van der Waals surface area contributed by atoms with Crippen LogP contribution in [-0.4, -0.2) is 27.0 Å². The Morgan fingerprint density at radius 3 is 2.69 bits per heavy atom. The van der Waals surface area contributed by atoms with E-state index >= 15 is 0 Å². The lowest BCUT2D eigenvalue weighted by Gasteiger charge is -2.36. The third kappa shape index (κ3) is 4.74. The molecule has 1 atom stereocenters.